The monoisotopic (exact) mass is 314 g/mol. The van der Waals surface area contributed by atoms with Crippen molar-refractivity contribution in [2.24, 2.45) is 5.92 Å². The number of carbonyl (C=O) groups excluding carboxylic acids is 2. The van der Waals surface area contributed by atoms with E-state index in [1.807, 2.05) is 0 Å². The summed E-state index contributed by atoms with van der Waals surface area (Å²) >= 11 is 0. The van der Waals surface area contributed by atoms with Crippen molar-refractivity contribution in [3.8, 4) is 11.8 Å². The zero-order valence-electron chi connectivity index (χ0n) is 13.4. The molecule has 0 spiro atoms. The highest BCUT2D eigenvalue weighted by Gasteiger charge is 2.24. The molecule has 0 aliphatic heterocycles. The van der Waals surface area contributed by atoms with Crippen LogP contribution in [0.2, 0.25) is 0 Å². The Morgan fingerprint density at radius 3 is 2.74 bits per heavy atom. The minimum absolute atomic E-state index is 0.0539. The zero-order chi connectivity index (χ0) is 16.7. The van der Waals surface area contributed by atoms with E-state index >= 15 is 0 Å². The van der Waals surface area contributed by atoms with Gasteiger partial charge in [0, 0.05) is 5.56 Å². The van der Waals surface area contributed by atoms with Gasteiger partial charge in [0.25, 0.3) is 5.91 Å². The molecule has 1 atom stereocenters. The number of nitrogens with one attached hydrogen (secondary N) is 1. The Labute approximate surface area is 136 Å². The average Bonchev–Trinajstić information content (AvgIpc) is 2.59. The normalized spacial score (nSPS) is 16.2. The van der Waals surface area contributed by atoms with E-state index in [9.17, 15) is 14.9 Å². The molecule has 23 heavy (non-hydrogen) atoms. The van der Waals surface area contributed by atoms with Crippen molar-refractivity contribution in [3.05, 3.63) is 29.8 Å². The number of rotatable bonds is 6. The summed E-state index contributed by atoms with van der Waals surface area (Å²) in [7, 11) is 0. The zero-order valence-corrected chi connectivity index (χ0v) is 13.4. The Bertz CT molecular complexity index is 601. The lowest BCUT2D eigenvalue weighted by atomic mass is 9.84. The number of carbonyl (C=O) groups is 2. The molecule has 0 bridgehead atoms. The second-order valence-electron chi connectivity index (χ2n) is 5.95. The molecule has 1 fully saturated rings. The number of nitriles is 1. The van der Waals surface area contributed by atoms with Crippen LogP contribution in [0.5, 0.6) is 5.75 Å². The SMILES string of the molecule is CC(=O)c1cccc(OCC(=O)N[C@H](C#N)C2CCCCC2)c1. The molecule has 5 nitrogen and oxygen atoms in total. The lowest BCUT2D eigenvalue weighted by Gasteiger charge is -2.26. The van der Waals surface area contributed by atoms with Crippen LogP contribution in [-0.2, 0) is 4.79 Å². The fourth-order valence-corrected chi connectivity index (χ4v) is 2.89. The summed E-state index contributed by atoms with van der Waals surface area (Å²) in [6.45, 7) is 1.32. The highest BCUT2D eigenvalue weighted by molar-refractivity contribution is 5.94. The minimum atomic E-state index is -0.449. The van der Waals surface area contributed by atoms with Gasteiger partial charge in [0.1, 0.15) is 11.8 Å². The van der Waals surface area contributed by atoms with Crippen LogP contribution in [0.3, 0.4) is 0 Å². The van der Waals surface area contributed by atoms with Gasteiger partial charge in [0.15, 0.2) is 12.4 Å². The van der Waals surface area contributed by atoms with Crippen molar-refractivity contribution in [1.82, 2.24) is 5.32 Å². The topological polar surface area (TPSA) is 79.2 Å². The standard InChI is InChI=1S/C18H22N2O3/c1-13(21)15-8-5-9-16(10-15)23-12-18(22)20-17(11-19)14-6-3-2-4-7-14/h5,8-10,14,17H,2-4,6-7,12H2,1H3,(H,20,22)/t17-/m1/s1. The Hall–Kier alpha value is -2.35. The third-order valence-corrected chi connectivity index (χ3v) is 4.19. The van der Waals surface area contributed by atoms with Gasteiger partial charge in [-0.1, -0.05) is 31.4 Å². The summed E-state index contributed by atoms with van der Waals surface area (Å²) in [5.74, 6) is 0.342. The smallest absolute Gasteiger partial charge is 0.258 e. The number of amides is 1. The van der Waals surface area contributed by atoms with E-state index in [0.29, 0.717) is 11.3 Å². The molecule has 5 heteroatoms. The van der Waals surface area contributed by atoms with Crippen molar-refractivity contribution in [2.45, 2.75) is 45.1 Å². The summed E-state index contributed by atoms with van der Waals surface area (Å²) in [6, 6.07) is 8.46. The summed E-state index contributed by atoms with van der Waals surface area (Å²) in [5.41, 5.74) is 0.542. The van der Waals surface area contributed by atoms with Crippen LogP contribution in [0.4, 0.5) is 0 Å². The number of Topliss-reactive ketones (excluding diaryl/α,β-unsaturated/α-hetero) is 1. The van der Waals surface area contributed by atoms with Crippen LogP contribution < -0.4 is 10.1 Å². The van der Waals surface area contributed by atoms with Gasteiger partial charge in [-0.25, -0.2) is 0 Å². The van der Waals surface area contributed by atoms with Crippen molar-refractivity contribution in [1.29, 1.82) is 5.26 Å². The fourth-order valence-electron chi connectivity index (χ4n) is 2.89. The molecular weight excluding hydrogens is 292 g/mol. The van der Waals surface area contributed by atoms with Gasteiger partial charge in [-0.05, 0) is 37.8 Å². The van der Waals surface area contributed by atoms with Crippen LogP contribution in [0.15, 0.2) is 24.3 Å². The number of nitrogens with zero attached hydrogens (tertiary/aromatic N) is 1. The Balaban J connectivity index is 1.85. The number of benzene rings is 1. The molecule has 2 rings (SSSR count). The molecule has 0 saturated heterocycles. The van der Waals surface area contributed by atoms with Crippen molar-refractivity contribution >= 4 is 11.7 Å². The molecule has 0 heterocycles. The molecule has 0 aromatic heterocycles. The first-order chi connectivity index (χ1) is 11.1. The largest absolute Gasteiger partial charge is 0.484 e. The molecule has 1 aliphatic rings. The Kier molecular flexibility index (Phi) is 6.16. The van der Waals surface area contributed by atoms with E-state index in [4.69, 9.17) is 4.74 Å². The first-order valence-corrected chi connectivity index (χ1v) is 8.03. The molecule has 1 N–H and O–H groups in total. The Morgan fingerprint density at radius 1 is 1.35 bits per heavy atom. The molecule has 1 amide bonds. The van der Waals surface area contributed by atoms with Gasteiger partial charge in [0.05, 0.1) is 6.07 Å². The molecule has 1 saturated carbocycles. The molecular formula is C18H22N2O3. The van der Waals surface area contributed by atoms with Crippen LogP contribution in [0.25, 0.3) is 0 Å². The van der Waals surface area contributed by atoms with E-state index in [2.05, 4.69) is 11.4 Å². The maximum absolute atomic E-state index is 12.0. The predicted molar refractivity (Wildman–Crippen MR) is 86.1 cm³/mol. The highest BCUT2D eigenvalue weighted by atomic mass is 16.5. The van der Waals surface area contributed by atoms with Crippen LogP contribution >= 0.6 is 0 Å². The van der Waals surface area contributed by atoms with Crippen molar-refractivity contribution in [2.75, 3.05) is 6.61 Å². The van der Waals surface area contributed by atoms with E-state index < -0.39 is 6.04 Å². The quantitative estimate of drug-likeness (QED) is 0.819. The van der Waals surface area contributed by atoms with Crippen molar-refractivity contribution < 1.29 is 14.3 Å². The summed E-state index contributed by atoms with van der Waals surface area (Å²) < 4.78 is 5.42. The second-order valence-corrected chi connectivity index (χ2v) is 5.95. The van der Waals surface area contributed by atoms with E-state index in [-0.39, 0.29) is 24.2 Å². The highest BCUT2D eigenvalue weighted by Crippen LogP contribution is 2.26. The van der Waals surface area contributed by atoms with Gasteiger partial charge < -0.3 is 10.1 Å². The second kappa shape index (κ2) is 8.33. The molecule has 1 aliphatic carbocycles. The van der Waals surface area contributed by atoms with Gasteiger partial charge in [-0.3, -0.25) is 9.59 Å². The summed E-state index contributed by atoms with van der Waals surface area (Å²) in [4.78, 5) is 23.3. The first-order valence-electron chi connectivity index (χ1n) is 8.03. The lowest BCUT2D eigenvalue weighted by molar-refractivity contribution is -0.123. The van der Waals surface area contributed by atoms with Crippen molar-refractivity contribution in [3.63, 3.8) is 0 Å². The van der Waals surface area contributed by atoms with Crippen LogP contribution in [0.1, 0.15) is 49.4 Å². The van der Waals surface area contributed by atoms with Gasteiger partial charge in [-0.2, -0.15) is 5.26 Å². The fraction of sp³-hybridized carbons (Fsp3) is 0.500. The Morgan fingerprint density at radius 2 is 2.09 bits per heavy atom. The van der Waals surface area contributed by atoms with Gasteiger partial charge in [-0.15, -0.1) is 0 Å². The summed E-state index contributed by atoms with van der Waals surface area (Å²) in [6.07, 6.45) is 5.42. The molecule has 0 unspecified atom stereocenters. The first kappa shape index (κ1) is 17.0. The van der Waals surface area contributed by atoms with E-state index in [0.717, 1.165) is 25.7 Å². The number of ether oxygens (including phenoxy) is 1. The third-order valence-electron chi connectivity index (χ3n) is 4.19. The number of hydrogen-bond acceptors (Lipinski definition) is 4. The van der Waals surface area contributed by atoms with E-state index in [1.165, 1.54) is 13.3 Å². The van der Waals surface area contributed by atoms with Gasteiger partial charge in [0.2, 0.25) is 0 Å². The van der Waals surface area contributed by atoms with E-state index in [1.54, 1.807) is 24.3 Å². The maximum Gasteiger partial charge on any atom is 0.258 e. The van der Waals surface area contributed by atoms with Crippen LogP contribution in [-0.4, -0.2) is 24.3 Å². The van der Waals surface area contributed by atoms with Gasteiger partial charge >= 0.3 is 0 Å². The molecule has 122 valence electrons. The summed E-state index contributed by atoms with van der Waals surface area (Å²) in [5, 5.41) is 12.0. The molecule has 0 radical (unpaired) electrons. The minimum Gasteiger partial charge on any atom is -0.484 e. The van der Waals surface area contributed by atoms with Crippen LogP contribution in [0, 0.1) is 17.2 Å². The average molecular weight is 314 g/mol. The lowest BCUT2D eigenvalue weighted by Crippen LogP contribution is -2.42. The number of ketones is 1. The molecule has 1 aromatic rings. The predicted octanol–water partition coefficient (Wildman–Crippen LogP) is 2.86. The molecule has 1 aromatic carbocycles. The number of hydrogen-bond donors (Lipinski definition) is 1. The third kappa shape index (κ3) is 5.10. The maximum atomic E-state index is 12.0.